The SMILES string of the molecule is CNCC1CCCN(C(=O)c2cccc(CN3CCN(C)CC3)c2)C1.Cl.Cl. The highest BCUT2D eigenvalue weighted by Crippen LogP contribution is 2.19. The molecule has 2 heterocycles. The zero-order chi connectivity index (χ0) is 17.6. The second-order valence-electron chi connectivity index (χ2n) is 7.60. The summed E-state index contributed by atoms with van der Waals surface area (Å²) < 4.78 is 0. The number of nitrogens with zero attached hydrogens (tertiary/aromatic N) is 3. The summed E-state index contributed by atoms with van der Waals surface area (Å²) in [5.41, 5.74) is 2.09. The van der Waals surface area contributed by atoms with Crippen molar-refractivity contribution in [3.63, 3.8) is 0 Å². The maximum atomic E-state index is 12.9. The van der Waals surface area contributed by atoms with Gasteiger partial charge in [-0.1, -0.05) is 12.1 Å². The van der Waals surface area contributed by atoms with Crippen molar-refractivity contribution in [2.75, 3.05) is 59.9 Å². The molecule has 2 aliphatic heterocycles. The van der Waals surface area contributed by atoms with Gasteiger partial charge in [0.15, 0.2) is 0 Å². The van der Waals surface area contributed by atoms with E-state index in [9.17, 15) is 4.79 Å². The van der Waals surface area contributed by atoms with Crippen molar-refractivity contribution < 1.29 is 4.79 Å². The number of amides is 1. The molecule has 0 spiro atoms. The summed E-state index contributed by atoms with van der Waals surface area (Å²) in [6.07, 6.45) is 2.33. The van der Waals surface area contributed by atoms with Crippen LogP contribution in [0.3, 0.4) is 0 Å². The molecule has 2 fully saturated rings. The van der Waals surface area contributed by atoms with Crippen LogP contribution in [0.1, 0.15) is 28.8 Å². The number of carbonyl (C=O) groups excluding carboxylic acids is 1. The fourth-order valence-corrected chi connectivity index (χ4v) is 3.95. The zero-order valence-corrected chi connectivity index (χ0v) is 18.2. The van der Waals surface area contributed by atoms with Crippen molar-refractivity contribution in [1.29, 1.82) is 0 Å². The van der Waals surface area contributed by atoms with E-state index in [4.69, 9.17) is 0 Å². The van der Waals surface area contributed by atoms with Crippen molar-refractivity contribution in [2.45, 2.75) is 19.4 Å². The number of carbonyl (C=O) groups is 1. The predicted octanol–water partition coefficient (Wildman–Crippen LogP) is 2.35. The molecule has 1 amide bonds. The first-order chi connectivity index (χ1) is 12.2. The van der Waals surface area contributed by atoms with Crippen LogP contribution in [0.2, 0.25) is 0 Å². The smallest absolute Gasteiger partial charge is 0.253 e. The molecular weight excluding hydrogens is 383 g/mol. The topological polar surface area (TPSA) is 38.8 Å². The van der Waals surface area contributed by atoms with E-state index in [-0.39, 0.29) is 30.7 Å². The summed E-state index contributed by atoms with van der Waals surface area (Å²) in [7, 11) is 4.17. The summed E-state index contributed by atoms with van der Waals surface area (Å²) >= 11 is 0. The Morgan fingerprint density at radius 2 is 1.89 bits per heavy atom. The van der Waals surface area contributed by atoms with Crippen molar-refractivity contribution in [2.24, 2.45) is 5.92 Å². The Balaban J connectivity index is 0.00000182. The van der Waals surface area contributed by atoms with Crippen LogP contribution in [-0.2, 0) is 6.54 Å². The van der Waals surface area contributed by atoms with E-state index in [1.165, 1.54) is 12.0 Å². The molecule has 0 saturated carbocycles. The minimum Gasteiger partial charge on any atom is -0.338 e. The fraction of sp³-hybridized carbons (Fsp3) is 0.650. The van der Waals surface area contributed by atoms with Gasteiger partial charge in [-0.25, -0.2) is 0 Å². The first-order valence-electron chi connectivity index (χ1n) is 9.59. The molecule has 1 unspecified atom stereocenters. The molecule has 1 aromatic rings. The second kappa shape index (κ2) is 11.9. The van der Waals surface area contributed by atoms with Crippen LogP contribution in [0.25, 0.3) is 0 Å². The standard InChI is InChI=1S/C20H32N4O.2ClH/c1-21-14-18-6-4-8-24(16-18)20(25)19-7-3-5-17(13-19)15-23-11-9-22(2)10-12-23;;/h3,5,7,13,18,21H,4,6,8-12,14-16H2,1-2H3;2*1H. The van der Waals surface area contributed by atoms with E-state index in [2.05, 4.69) is 34.3 Å². The van der Waals surface area contributed by atoms with E-state index < -0.39 is 0 Å². The van der Waals surface area contributed by atoms with Crippen LogP contribution >= 0.6 is 24.8 Å². The lowest BCUT2D eigenvalue weighted by atomic mass is 9.97. The normalized spacial score (nSPS) is 21.3. The fourth-order valence-electron chi connectivity index (χ4n) is 3.95. The van der Waals surface area contributed by atoms with Gasteiger partial charge in [0.25, 0.3) is 5.91 Å². The number of hydrogen-bond donors (Lipinski definition) is 1. The first-order valence-corrected chi connectivity index (χ1v) is 9.59. The Hall–Kier alpha value is -0.850. The quantitative estimate of drug-likeness (QED) is 0.799. The Morgan fingerprint density at radius 3 is 2.59 bits per heavy atom. The maximum Gasteiger partial charge on any atom is 0.253 e. The number of piperazine rings is 1. The van der Waals surface area contributed by atoms with Gasteiger partial charge in [-0.2, -0.15) is 0 Å². The number of likely N-dealkylation sites (tertiary alicyclic amines) is 1. The van der Waals surface area contributed by atoms with Gasteiger partial charge in [0.05, 0.1) is 0 Å². The Morgan fingerprint density at radius 1 is 1.15 bits per heavy atom. The molecule has 27 heavy (non-hydrogen) atoms. The van der Waals surface area contributed by atoms with Gasteiger partial charge in [0.1, 0.15) is 0 Å². The molecule has 1 aromatic carbocycles. The van der Waals surface area contributed by atoms with Crippen molar-refractivity contribution in [1.82, 2.24) is 20.0 Å². The molecule has 0 aliphatic carbocycles. The van der Waals surface area contributed by atoms with Crippen molar-refractivity contribution in [3.8, 4) is 0 Å². The summed E-state index contributed by atoms with van der Waals surface area (Å²) in [6, 6.07) is 8.25. The van der Waals surface area contributed by atoms with Gasteiger partial charge in [0.2, 0.25) is 0 Å². The minimum atomic E-state index is 0. The van der Waals surface area contributed by atoms with Crippen LogP contribution < -0.4 is 5.32 Å². The van der Waals surface area contributed by atoms with Gasteiger partial charge in [-0.15, -0.1) is 24.8 Å². The molecule has 0 bridgehead atoms. The molecular formula is C20H34Cl2N4O. The molecule has 0 radical (unpaired) electrons. The number of piperidine rings is 1. The number of nitrogens with one attached hydrogen (secondary N) is 1. The van der Waals surface area contributed by atoms with Crippen LogP contribution in [-0.4, -0.2) is 80.5 Å². The van der Waals surface area contributed by atoms with E-state index in [1.54, 1.807) is 0 Å². The van der Waals surface area contributed by atoms with E-state index in [1.807, 2.05) is 24.1 Å². The minimum absolute atomic E-state index is 0. The Labute approximate surface area is 176 Å². The molecule has 1 N–H and O–H groups in total. The number of likely N-dealkylation sites (N-methyl/N-ethyl adjacent to an activating group) is 1. The van der Waals surface area contributed by atoms with Gasteiger partial charge in [-0.05, 0) is 57.1 Å². The summed E-state index contributed by atoms with van der Waals surface area (Å²) in [4.78, 5) is 19.8. The molecule has 154 valence electrons. The molecule has 2 saturated heterocycles. The van der Waals surface area contributed by atoms with Gasteiger partial charge >= 0.3 is 0 Å². The number of benzene rings is 1. The van der Waals surface area contributed by atoms with Crippen molar-refractivity contribution >= 4 is 30.7 Å². The predicted molar refractivity (Wildman–Crippen MR) is 116 cm³/mol. The maximum absolute atomic E-state index is 12.9. The average Bonchev–Trinajstić information content (AvgIpc) is 2.64. The summed E-state index contributed by atoms with van der Waals surface area (Å²) in [5.74, 6) is 0.775. The lowest BCUT2D eigenvalue weighted by Crippen LogP contribution is -2.44. The molecule has 7 heteroatoms. The van der Waals surface area contributed by atoms with Crippen LogP contribution in [0.5, 0.6) is 0 Å². The molecule has 5 nitrogen and oxygen atoms in total. The largest absolute Gasteiger partial charge is 0.338 e. The third-order valence-corrected chi connectivity index (χ3v) is 5.48. The lowest BCUT2D eigenvalue weighted by Gasteiger charge is -2.33. The van der Waals surface area contributed by atoms with E-state index in [0.717, 1.165) is 64.3 Å². The van der Waals surface area contributed by atoms with Crippen LogP contribution in [0.15, 0.2) is 24.3 Å². The number of halogens is 2. The monoisotopic (exact) mass is 416 g/mol. The van der Waals surface area contributed by atoms with Crippen LogP contribution in [0, 0.1) is 5.92 Å². The first kappa shape index (κ1) is 24.2. The third kappa shape index (κ3) is 6.91. The molecule has 3 rings (SSSR count). The zero-order valence-electron chi connectivity index (χ0n) is 16.5. The molecule has 1 atom stereocenters. The number of hydrogen-bond acceptors (Lipinski definition) is 4. The molecule has 0 aromatic heterocycles. The lowest BCUT2D eigenvalue weighted by molar-refractivity contribution is 0.0674. The Kier molecular flexibility index (Phi) is 10.6. The molecule has 2 aliphatic rings. The highest BCUT2D eigenvalue weighted by Gasteiger charge is 2.24. The summed E-state index contributed by atoms with van der Waals surface area (Å²) in [5, 5.41) is 3.25. The van der Waals surface area contributed by atoms with Gasteiger partial charge in [0, 0.05) is 51.4 Å². The van der Waals surface area contributed by atoms with Crippen molar-refractivity contribution in [3.05, 3.63) is 35.4 Å². The highest BCUT2D eigenvalue weighted by molar-refractivity contribution is 5.94. The average molecular weight is 417 g/mol. The van der Waals surface area contributed by atoms with Crippen LogP contribution in [0.4, 0.5) is 0 Å². The Bertz CT molecular complexity index is 577. The van der Waals surface area contributed by atoms with Gasteiger partial charge < -0.3 is 15.1 Å². The summed E-state index contributed by atoms with van der Waals surface area (Å²) in [6.45, 7) is 8.16. The third-order valence-electron chi connectivity index (χ3n) is 5.48. The van der Waals surface area contributed by atoms with Gasteiger partial charge in [-0.3, -0.25) is 9.69 Å². The number of rotatable bonds is 5. The second-order valence-corrected chi connectivity index (χ2v) is 7.60. The highest BCUT2D eigenvalue weighted by atomic mass is 35.5. The van der Waals surface area contributed by atoms with E-state index in [0.29, 0.717) is 5.92 Å². The van der Waals surface area contributed by atoms with E-state index >= 15 is 0 Å².